The topological polar surface area (TPSA) is 20.2 Å². The van der Waals surface area contributed by atoms with E-state index in [1.807, 2.05) is 17.5 Å². The number of hydrogen-bond acceptors (Lipinski definition) is 2. The lowest BCUT2D eigenvalue weighted by Crippen LogP contribution is -1.99. The molecule has 0 amide bonds. The standard InChI is InChI=1S/C12H16OS/c13-11(12-7-4-8-14-12)9-10-5-2-1-3-6-10/h4-5,7-8,11,13H,1-3,6,9H2. The second kappa shape index (κ2) is 4.76. The molecular formula is C12H16OS. The van der Waals surface area contributed by atoms with Crippen LogP contribution in [0.2, 0.25) is 0 Å². The zero-order chi connectivity index (χ0) is 9.80. The van der Waals surface area contributed by atoms with Crippen molar-refractivity contribution < 1.29 is 5.11 Å². The van der Waals surface area contributed by atoms with Crippen LogP contribution in [0.1, 0.15) is 43.1 Å². The van der Waals surface area contributed by atoms with Crippen LogP contribution in [0, 0.1) is 0 Å². The maximum atomic E-state index is 9.93. The van der Waals surface area contributed by atoms with Gasteiger partial charge in [-0.3, -0.25) is 0 Å². The minimum absolute atomic E-state index is 0.278. The molecule has 76 valence electrons. The molecule has 1 atom stereocenters. The van der Waals surface area contributed by atoms with Gasteiger partial charge in [-0.2, -0.15) is 0 Å². The van der Waals surface area contributed by atoms with Crippen LogP contribution in [0.15, 0.2) is 29.2 Å². The van der Waals surface area contributed by atoms with Crippen molar-refractivity contribution in [2.45, 2.75) is 38.2 Å². The summed E-state index contributed by atoms with van der Waals surface area (Å²) in [6.45, 7) is 0. The number of aliphatic hydroxyl groups is 1. The average Bonchev–Trinajstić information content (AvgIpc) is 2.72. The summed E-state index contributed by atoms with van der Waals surface area (Å²) in [5, 5.41) is 12.0. The molecule has 1 nitrogen and oxygen atoms in total. The van der Waals surface area contributed by atoms with Crippen molar-refractivity contribution in [3.63, 3.8) is 0 Å². The van der Waals surface area contributed by atoms with Gasteiger partial charge in [0, 0.05) is 4.88 Å². The molecule has 0 spiro atoms. The van der Waals surface area contributed by atoms with E-state index >= 15 is 0 Å². The fourth-order valence-corrected chi connectivity index (χ4v) is 2.63. The fraction of sp³-hybridized carbons (Fsp3) is 0.500. The Balaban J connectivity index is 1.94. The lowest BCUT2D eigenvalue weighted by atomic mass is 9.95. The molecule has 0 saturated carbocycles. The Bertz CT molecular complexity index is 300. The first-order chi connectivity index (χ1) is 6.86. The average molecular weight is 208 g/mol. The molecule has 0 saturated heterocycles. The van der Waals surface area contributed by atoms with Crippen molar-refractivity contribution in [3.05, 3.63) is 34.0 Å². The van der Waals surface area contributed by atoms with Crippen LogP contribution in [-0.4, -0.2) is 5.11 Å². The van der Waals surface area contributed by atoms with Crippen LogP contribution in [0.3, 0.4) is 0 Å². The highest BCUT2D eigenvalue weighted by Gasteiger charge is 2.12. The van der Waals surface area contributed by atoms with Gasteiger partial charge in [0.05, 0.1) is 6.10 Å². The Hall–Kier alpha value is -0.600. The minimum Gasteiger partial charge on any atom is -0.387 e. The first-order valence-corrected chi connectivity index (χ1v) is 6.13. The maximum absolute atomic E-state index is 9.93. The van der Waals surface area contributed by atoms with Crippen molar-refractivity contribution in [1.29, 1.82) is 0 Å². The molecule has 0 radical (unpaired) electrons. The van der Waals surface area contributed by atoms with Crippen LogP contribution in [0.4, 0.5) is 0 Å². The predicted molar refractivity (Wildman–Crippen MR) is 60.4 cm³/mol. The molecule has 0 aromatic carbocycles. The Morgan fingerprint density at radius 1 is 1.43 bits per heavy atom. The second-order valence-corrected chi connectivity index (χ2v) is 4.82. The lowest BCUT2D eigenvalue weighted by molar-refractivity contribution is 0.180. The summed E-state index contributed by atoms with van der Waals surface area (Å²) in [7, 11) is 0. The SMILES string of the molecule is OC(CC1=CCCCC1)c1cccs1. The van der Waals surface area contributed by atoms with Crippen molar-refractivity contribution in [1.82, 2.24) is 0 Å². The Morgan fingerprint density at radius 2 is 2.36 bits per heavy atom. The van der Waals surface area contributed by atoms with Crippen LogP contribution in [0.5, 0.6) is 0 Å². The molecule has 2 rings (SSSR count). The summed E-state index contributed by atoms with van der Waals surface area (Å²) in [6, 6.07) is 4.01. The first-order valence-electron chi connectivity index (χ1n) is 5.25. The van der Waals surface area contributed by atoms with E-state index in [0.29, 0.717) is 0 Å². The van der Waals surface area contributed by atoms with Crippen molar-refractivity contribution in [3.8, 4) is 0 Å². The summed E-state index contributed by atoms with van der Waals surface area (Å²) in [5.74, 6) is 0. The van der Waals surface area contributed by atoms with E-state index in [-0.39, 0.29) is 6.10 Å². The number of thiophene rings is 1. The van der Waals surface area contributed by atoms with E-state index in [1.165, 1.54) is 31.3 Å². The summed E-state index contributed by atoms with van der Waals surface area (Å²) < 4.78 is 0. The molecule has 14 heavy (non-hydrogen) atoms. The van der Waals surface area contributed by atoms with Crippen molar-refractivity contribution in [2.24, 2.45) is 0 Å². The van der Waals surface area contributed by atoms with E-state index < -0.39 is 0 Å². The van der Waals surface area contributed by atoms with Gasteiger partial charge < -0.3 is 5.11 Å². The highest BCUT2D eigenvalue weighted by atomic mass is 32.1. The zero-order valence-corrected chi connectivity index (χ0v) is 9.09. The molecular weight excluding hydrogens is 192 g/mol. The van der Waals surface area contributed by atoms with E-state index in [1.54, 1.807) is 11.3 Å². The van der Waals surface area contributed by atoms with Gasteiger partial charge in [0.2, 0.25) is 0 Å². The molecule has 1 aromatic rings. The quantitative estimate of drug-likeness (QED) is 0.751. The van der Waals surface area contributed by atoms with Gasteiger partial charge in [0.1, 0.15) is 0 Å². The fourth-order valence-electron chi connectivity index (χ4n) is 1.92. The largest absolute Gasteiger partial charge is 0.387 e. The third-order valence-electron chi connectivity index (χ3n) is 2.71. The summed E-state index contributed by atoms with van der Waals surface area (Å²) in [5.41, 5.74) is 1.44. The van der Waals surface area contributed by atoms with Gasteiger partial charge in [0.25, 0.3) is 0 Å². The van der Waals surface area contributed by atoms with E-state index in [4.69, 9.17) is 0 Å². The smallest absolute Gasteiger partial charge is 0.0918 e. The van der Waals surface area contributed by atoms with Gasteiger partial charge in [0.15, 0.2) is 0 Å². The summed E-state index contributed by atoms with van der Waals surface area (Å²) >= 11 is 1.64. The second-order valence-electron chi connectivity index (χ2n) is 3.84. The van der Waals surface area contributed by atoms with Gasteiger partial charge in [-0.05, 0) is 43.6 Å². The minimum atomic E-state index is -0.278. The molecule has 1 heterocycles. The molecule has 1 aromatic heterocycles. The van der Waals surface area contributed by atoms with Crippen LogP contribution in [0.25, 0.3) is 0 Å². The van der Waals surface area contributed by atoms with E-state index in [0.717, 1.165) is 11.3 Å². The maximum Gasteiger partial charge on any atom is 0.0918 e. The zero-order valence-electron chi connectivity index (χ0n) is 8.28. The van der Waals surface area contributed by atoms with Crippen LogP contribution in [-0.2, 0) is 0 Å². The van der Waals surface area contributed by atoms with Crippen molar-refractivity contribution in [2.75, 3.05) is 0 Å². The predicted octanol–water partition coefficient (Wildman–Crippen LogP) is 3.67. The molecule has 0 aliphatic heterocycles. The van der Waals surface area contributed by atoms with Crippen molar-refractivity contribution >= 4 is 11.3 Å². The Kier molecular flexibility index (Phi) is 3.38. The monoisotopic (exact) mass is 208 g/mol. The highest BCUT2D eigenvalue weighted by molar-refractivity contribution is 7.10. The third-order valence-corrected chi connectivity index (χ3v) is 3.69. The van der Waals surface area contributed by atoms with Gasteiger partial charge in [-0.25, -0.2) is 0 Å². The first kappa shape index (κ1) is 9.94. The van der Waals surface area contributed by atoms with E-state index in [2.05, 4.69) is 6.08 Å². The van der Waals surface area contributed by atoms with E-state index in [9.17, 15) is 5.11 Å². The van der Waals surface area contributed by atoms with Crippen LogP contribution >= 0.6 is 11.3 Å². The molecule has 1 N–H and O–H groups in total. The lowest BCUT2D eigenvalue weighted by Gasteiger charge is -2.15. The summed E-state index contributed by atoms with van der Waals surface area (Å²) in [4.78, 5) is 1.09. The van der Waals surface area contributed by atoms with Crippen LogP contribution < -0.4 is 0 Å². The molecule has 2 heteroatoms. The molecule has 1 aliphatic rings. The number of rotatable bonds is 3. The van der Waals surface area contributed by atoms with Gasteiger partial charge in [-0.15, -0.1) is 11.3 Å². The van der Waals surface area contributed by atoms with Gasteiger partial charge in [-0.1, -0.05) is 17.7 Å². The summed E-state index contributed by atoms with van der Waals surface area (Å²) in [6.07, 6.45) is 7.86. The Morgan fingerprint density at radius 3 is 3.00 bits per heavy atom. The molecule has 0 fully saturated rings. The van der Waals surface area contributed by atoms with Gasteiger partial charge >= 0.3 is 0 Å². The molecule has 0 bridgehead atoms. The number of aliphatic hydroxyl groups excluding tert-OH is 1. The number of hydrogen-bond donors (Lipinski definition) is 1. The highest BCUT2D eigenvalue weighted by Crippen LogP contribution is 2.29. The molecule has 1 unspecified atom stereocenters. The normalized spacial score (nSPS) is 19.1. The Labute approximate surface area is 89.1 Å². The number of allylic oxidation sites excluding steroid dienone is 1. The molecule has 1 aliphatic carbocycles. The third kappa shape index (κ3) is 2.46.